The Hall–Kier alpha value is -1.23. The molecule has 0 radical (unpaired) electrons. The van der Waals surface area contributed by atoms with Gasteiger partial charge in [0.15, 0.2) is 0 Å². The third-order valence-corrected chi connectivity index (χ3v) is 5.65. The van der Waals surface area contributed by atoms with Crippen molar-refractivity contribution in [2.75, 3.05) is 18.1 Å². The van der Waals surface area contributed by atoms with Gasteiger partial charge in [-0.1, -0.05) is 31.4 Å². The summed E-state index contributed by atoms with van der Waals surface area (Å²) in [4.78, 5) is 10.8. The van der Waals surface area contributed by atoms with Gasteiger partial charge in [0.1, 0.15) is 5.69 Å². The molecule has 2 rings (SSSR count). The van der Waals surface area contributed by atoms with Crippen molar-refractivity contribution in [3.8, 4) is 0 Å². The zero-order valence-electron chi connectivity index (χ0n) is 12.1. The van der Waals surface area contributed by atoms with Crippen molar-refractivity contribution in [3.63, 3.8) is 0 Å². The first-order valence-electron chi connectivity index (χ1n) is 7.11. The number of nitro benzene ring substituents is 1. The monoisotopic (exact) mass is 294 g/mol. The summed E-state index contributed by atoms with van der Waals surface area (Å²) >= 11 is 1.90. The zero-order chi connectivity index (χ0) is 14.6. The summed E-state index contributed by atoms with van der Waals surface area (Å²) in [6, 6.07) is 5.23. The molecule has 1 saturated carbocycles. The van der Waals surface area contributed by atoms with E-state index in [0.717, 1.165) is 12.1 Å². The number of aryl methyl sites for hydroxylation is 1. The largest absolute Gasteiger partial charge is 0.378 e. The van der Waals surface area contributed by atoms with Gasteiger partial charge in [0.2, 0.25) is 0 Å². The quantitative estimate of drug-likeness (QED) is 0.646. The van der Waals surface area contributed by atoms with E-state index in [-0.39, 0.29) is 15.4 Å². The lowest BCUT2D eigenvalue weighted by Crippen LogP contribution is -2.35. The normalized spacial score (nSPS) is 17.7. The Morgan fingerprint density at radius 2 is 2.05 bits per heavy atom. The average molecular weight is 294 g/mol. The molecule has 0 unspecified atom stereocenters. The van der Waals surface area contributed by atoms with Crippen molar-refractivity contribution in [1.29, 1.82) is 0 Å². The average Bonchev–Trinajstić information content (AvgIpc) is 2.46. The van der Waals surface area contributed by atoms with Crippen molar-refractivity contribution in [2.24, 2.45) is 0 Å². The van der Waals surface area contributed by atoms with Crippen LogP contribution < -0.4 is 5.32 Å². The highest BCUT2D eigenvalue weighted by Crippen LogP contribution is 2.39. The van der Waals surface area contributed by atoms with Crippen LogP contribution in [0.25, 0.3) is 0 Å². The maximum absolute atomic E-state index is 11.1. The Morgan fingerprint density at radius 1 is 1.35 bits per heavy atom. The lowest BCUT2D eigenvalue weighted by molar-refractivity contribution is -0.384. The highest BCUT2D eigenvalue weighted by atomic mass is 32.2. The molecule has 0 aromatic heterocycles. The van der Waals surface area contributed by atoms with E-state index in [1.807, 2.05) is 24.8 Å². The fourth-order valence-electron chi connectivity index (χ4n) is 2.93. The number of nitrogens with zero attached hydrogens (tertiary/aromatic N) is 1. The lowest BCUT2D eigenvalue weighted by Gasteiger charge is -2.36. The van der Waals surface area contributed by atoms with Crippen LogP contribution in [0.3, 0.4) is 0 Å². The number of nitro groups is 1. The Bertz CT molecular complexity index is 485. The number of thioether (sulfide) groups is 1. The molecule has 0 heterocycles. The van der Waals surface area contributed by atoms with E-state index in [0.29, 0.717) is 5.69 Å². The van der Waals surface area contributed by atoms with Gasteiger partial charge in [0.25, 0.3) is 5.69 Å². The van der Waals surface area contributed by atoms with E-state index >= 15 is 0 Å². The van der Waals surface area contributed by atoms with Crippen molar-refractivity contribution in [3.05, 3.63) is 33.9 Å². The first-order valence-corrected chi connectivity index (χ1v) is 8.33. The van der Waals surface area contributed by atoms with Gasteiger partial charge in [0.05, 0.1) is 4.92 Å². The molecule has 1 aromatic rings. The minimum atomic E-state index is -0.304. The summed E-state index contributed by atoms with van der Waals surface area (Å²) in [5.74, 6) is 0. The summed E-state index contributed by atoms with van der Waals surface area (Å²) in [5.41, 5.74) is 1.79. The molecule has 1 aliphatic carbocycles. The predicted octanol–water partition coefficient (Wildman–Crippen LogP) is 4.38. The summed E-state index contributed by atoms with van der Waals surface area (Å²) in [6.07, 6.45) is 8.38. The van der Waals surface area contributed by atoms with Gasteiger partial charge < -0.3 is 5.32 Å². The number of nitrogens with one attached hydrogen (secondary N) is 1. The Balaban J connectivity index is 2.15. The third kappa shape index (κ3) is 3.26. The topological polar surface area (TPSA) is 55.2 Å². The van der Waals surface area contributed by atoms with E-state index in [4.69, 9.17) is 0 Å². The number of benzene rings is 1. The molecule has 1 aromatic carbocycles. The SMILES string of the molecule is CSC1(CNc2c(C)cccc2[N+](=O)[O-])CCCCC1. The molecule has 4 nitrogen and oxygen atoms in total. The van der Waals surface area contributed by atoms with E-state index < -0.39 is 0 Å². The molecule has 0 atom stereocenters. The molecule has 0 spiro atoms. The van der Waals surface area contributed by atoms with Crippen LogP contribution >= 0.6 is 11.8 Å². The van der Waals surface area contributed by atoms with Gasteiger partial charge in [-0.2, -0.15) is 11.8 Å². The Labute approximate surface area is 124 Å². The van der Waals surface area contributed by atoms with Crippen molar-refractivity contribution in [2.45, 2.75) is 43.8 Å². The number of hydrogen-bond acceptors (Lipinski definition) is 4. The maximum atomic E-state index is 11.1. The number of rotatable bonds is 5. The summed E-state index contributed by atoms with van der Waals surface area (Å²) in [7, 11) is 0. The fourth-order valence-corrected chi connectivity index (χ4v) is 3.85. The number of anilines is 1. The lowest BCUT2D eigenvalue weighted by atomic mass is 9.88. The van der Waals surface area contributed by atoms with Crippen LogP contribution in [-0.4, -0.2) is 22.5 Å². The van der Waals surface area contributed by atoms with Gasteiger partial charge in [-0.25, -0.2) is 0 Å². The van der Waals surface area contributed by atoms with Crippen LogP contribution in [-0.2, 0) is 0 Å². The summed E-state index contributed by atoms with van der Waals surface area (Å²) < 4.78 is 0.231. The number of para-hydroxylation sites is 1. The molecule has 5 heteroatoms. The van der Waals surface area contributed by atoms with Crippen molar-refractivity contribution in [1.82, 2.24) is 0 Å². The molecule has 0 amide bonds. The highest BCUT2D eigenvalue weighted by Gasteiger charge is 2.31. The zero-order valence-corrected chi connectivity index (χ0v) is 13.0. The summed E-state index contributed by atoms with van der Waals surface area (Å²) in [5, 5.41) is 14.5. The first kappa shape index (κ1) is 15.2. The minimum absolute atomic E-state index is 0.178. The second-order valence-corrected chi connectivity index (χ2v) is 6.80. The molecule has 1 fully saturated rings. The van der Waals surface area contributed by atoms with E-state index in [2.05, 4.69) is 11.6 Å². The van der Waals surface area contributed by atoms with Gasteiger partial charge >= 0.3 is 0 Å². The molecule has 110 valence electrons. The van der Waals surface area contributed by atoms with Crippen molar-refractivity contribution < 1.29 is 4.92 Å². The van der Waals surface area contributed by atoms with Gasteiger partial charge in [-0.15, -0.1) is 0 Å². The summed E-state index contributed by atoms with van der Waals surface area (Å²) in [6.45, 7) is 2.72. The maximum Gasteiger partial charge on any atom is 0.292 e. The van der Waals surface area contributed by atoms with Crippen molar-refractivity contribution >= 4 is 23.1 Å². The van der Waals surface area contributed by atoms with Crippen LogP contribution in [0.15, 0.2) is 18.2 Å². The van der Waals surface area contributed by atoms with Crippen LogP contribution in [0.5, 0.6) is 0 Å². The molecule has 1 aliphatic rings. The van der Waals surface area contributed by atoms with Crippen LogP contribution in [0.2, 0.25) is 0 Å². The highest BCUT2D eigenvalue weighted by molar-refractivity contribution is 8.00. The molecule has 1 N–H and O–H groups in total. The molecule has 0 bridgehead atoms. The van der Waals surface area contributed by atoms with Gasteiger partial charge in [-0.3, -0.25) is 10.1 Å². The van der Waals surface area contributed by atoms with Crippen LogP contribution in [0, 0.1) is 17.0 Å². The van der Waals surface area contributed by atoms with Gasteiger partial charge in [0, 0.05) is 17.4 Å². The number of hydrogen-bond donors (Lipinski definition) is 1. The Kier molecular flexibility index (Phi) is 4.91. The minimum Gasteiger partial charge on any atom is -0.378 e. The van der Waals surface area contributed by atoms with Crippen LogP contribution in [0.1, 0.15) is 37.7 Å². The van der Waals surface area contributed by atoms with E-state index in [1.165, 1.54) is 32.1 Å². The molecule has 20 heavy (non-hydrogen) atoms. The predicted molar refractivity (Wildman–Crippen MR) is 85.7 cm³/mol. The standard InChI is InChI=1S/C15H22N2O2S/c1-12-7-6-8-13(17(18)19)14(12)16-11-15(20-2)9-4-3-5-10-15/h6-8,16H,3-5,9-11H2,1-2H3. The van der Waals surface area contributed by atoms with Gasteiger partial charge in [-0.05, 0) is 31.6 Å². The molecular weight excluding hydrogens is 272 g/mol. The van der Waals surface area contributed by atoms with E-state index in [9.17, 15) is 10.1 Å². The Morgan fingerprint density at radius 3 is 2.65 bits per heavy atom. The molecule has 0 saturated heterocycles. The first-order chi connectivity index (χ1) is 9.58. The van der Waals surface area contributed by atoms with Crippen LogP contribution in [0.4, 0.5) is 11.4 Å². The smallest absolute Gasteiger partial charge is 0.292 e. The second kappa shape index (κ2) is 6.48. The second-order valence-electron chi connectivity index (χ2n) is 5.53. The molecular formula is C15H22N2O2S. The fraction of sp³-hybridized carbons (Fsp3) is 0.600. The third-order valence-electron chi connectivity index (χ3n) is 4.23. The molecule has 0 aliphatic heterocycles. The van der Waals surface area contributed by atoms with E-state index in [1.54, 1.807) is 12.1 Å².